The highest BCUT2D eigenvalue weighted by molar-refractivity contribution is 6.03. The molecule has 0 saturated heterocycles. The average molecular weight is 255 g/mol. The molecule has 2 N–H and O–H groups in total. The van der Waals surface area contributed by atoms with E-state index in [-0.39, 0.29) is 0 Å². The van der Waals surface area contributed by atoms with Crippen molar-refractivity contribution in [3.63, 3.8) is 0 Å². The molecule has 0 heterocycles. The Balaban J connectivity index is 2.04. The van der Waals surface area contributed by atoms with Crippen LogP contribution < -0.4 is 5.32 Å². The molecule has 96 valence electrons. The molecule has 4 heteroatoms. The van der Waals surface area contributed by atoms with Gasteiger partial charge in [0.2, 0.25) is 5.78 Å². The number of carbonyl (C=O) groups is 2. The van der Waals surface area contributed by atoms with Crippen LogP contribution in [0.5, 0.6) is 0 Å². The Kier molecular flexibility index (Phi) is 4.05. The molecule has 0 radical (unpaired) electrons. The van der Waals surface area contributed by atoms with Gasteiger partial charge in [-0.1, -0.05) is 48.5 Å². The van der Waals surface area contributed by atoms with Crippen molar-refractivity contribution in [2.24, 2.45) is 0 Å². The van der Waals surface area contributed by atoms with Crippen LogP contribution in [0.25, 0.3) is 0 Å². The van der Waals surface area contributed by atoms with Crippen molar-refractivity contribution in [2.75, 3.05) is 0 Å². The van der Waals surface area contributed by atoms with Gasteiger partial charge in [0.15, 0.2) is 6.23 Å². The third-order valence-electron chi connectivity index (χ3n) is 2.61. The van der Waals surface area contributed by atoms with E-state index in [0.29, 0.717) is 11.1 Å². The number of hydrogen-bond acceptors (Lipinski definition) is 3. The van der Waals surface area contributed by atoms with Crippen molar-refractivity contribution in [1.82, 2.24) is 5.32 Å². The van der Waals surface area contributed by atoms with Crippen LogP contribution in [0.2, 0.25) is 0 Å². The van der Waals surface area contributed by atoms with Gasteiger partial charge in [0, 0.05) is 11.1 Å². The zero-order chi connectivity index (χ0) is 13.7. The standard InChI is InChI=1S/C15H13NO3/c17-13(11-7-3-1-4-8-11)15(19)16-14(18)12-9-5-2-6-10-12/h1-10,15,19H,(H,16,18). The highest BCUT2D eigenvalue weighted by Crippen LogP contribution is 2.04. The summed E-state index contributed by atoms with van der Waals surface area (Å²) < 4.78 is 0. The van der Waals surface area contributed by atoms with Crippen LogP contribution >= 0.6 is 0 Å². The Bertz CT molecular complexity index is 566. The molecule has 4 nitrogen and oxygen atoms in total. The van der Waals surface area contributed by atoms with Crippen molar-refractivity contribution in [1.29, 1.82) is 0 Å². The predicted molar refractivity (Wildman–Crippen MR) is 70.7 cm³/mol. The molecular weight excluding hydrogens is 242 g/mol. The number of benzene rings is 2. The monoisotopic (exact) mass is 255 g/mol. The largest absolute Gasteiger partial charge is 0.367 e. The number of Topliss-reactive ketones (excluding diaryl/α,β-unsaturated/α-hetero) is 1. The molecule has 2 rings (SSSR count). The Morgan fingerprint density at radius 3 is 1.84 bits per heavy atom. The summed E-state index contributed by atoms with van der Waals surface area (Å²) in [5, 5.41) is 12.0. The number of ketones is 1. The van der Waals surface area contributed by atoms with Crippen LogP contribution in [0.1, 0.15) is 20.7 Å². The van der Waals surface area contributed by atoms with Crippen LogP contribution in [0.15, 0.2) is 60.7 Å². The first-order valence-corrected chi connectivity index (χ1v) is 5.82. The quantitative estimate of drug-likeness (QED) is 0.644. The minimum Gasteiger partial charge on any atom is -0.367 e. The first kappa shape index (κ1) is 13.0. The highest BCUT2D eigenvalue weighted by atomic mass is 16.3. The molecule has 0 aliphatic heterocycles. The fourth-order valence-electron chi connectivity index (χ4n) is 1.62. The number of aliphatic hydroxyl groups excluding tert-OH is 1. The van der Waals surface area contributed by atoms with Crippen molar-refractivity contribution in [3.8, 4) is 0 Å². The molecule has 1 amide bonds. The Morgan fingerprint density at radius 2 is 1.32 bits per heavy atom. The summed E-state index contributed by atoms with van der Waals surface area (Å²) >= 11 is 0. The van der Waals surface area contributed by atoms with Gasteiger partial charge in [-0.2, -0.15) is 0 Å². The molecular formula is C15H13NO3. The van der Waals surface area contributed by atoms with Crippen LogP contribution in [0, 0.1) is 0 Å². The molecule has 19 heavy (non-hydrogen) atoms. The fraction of sp³-hybridized carbons (Fsp3) is 0.0667. The molecule has 0 saturated carbocycles. The first-order valence-electron chi connectivity index (χ1n) is 5.82. The number of carbonyl (C=O) groups excluding carboxylic acids is 2. The molecule has 2 aromatic carbocycles. The van der Waals surface area contributed by atoms with Gasteiger partial charge in [0.1, 0.15) is 0 Å². The van der Waals surface area contributed by atoms with E-state index in [1.807, 2.05) is 0 Å². The van der Waals surface area contributed by atoms with E-state index >= 15 is 0 Å². The fourth-order valence-corrected chi connectivity index (χ4v) is 1.62. The van der Waals surface area contributed by atoms with Crippen LogP contribution in [-0.2, 0) is 0 Å². The maximum Gasteiger partial charge on any atom is 0.253 e. The zero-order valence-corrected chi connectivity index (χ0v) is 10.1. The lowest BCUT2D eigenvalue weighted by Gasteiger charge is -2.11. The van der Waals surface area contributed by atoms with Crippen molar-refractivity contribution < 1.29 is 14.7 Å². The Morgan fingerprint density at radius 1 is 0.842 bits per heavy atom. The van der Waals surface area contributed by atoms with Gasteiger partial charge < -0.3 is 10.4 Å². The van der Waals surface area contributed by atoms with Gasteiger partial charge in [-0.15, -0.1) is 0 Å². The van der Waals surface area contributed by atoms with Gasteiger partial charge in [-0.25, -0.2) is 0 Å². The third kappa shape index (κ3) is 3.26. The SMILES string of the molecule is O=C(NC(O)C(=O)c1ccccc1)c1ccccc1. The molecule has 2 aromatic rings. The number of hydrogen-bond donors (Lipinski definition) is 2. The molecule has 1 unspecified atom stereocenters. The molecule has 0 aromatic heterocycles. The van der Waals surface area contributed by atoms with Crippen molar-refractivity contribution in [2.45, 2.75) is 6.23 Å². The summed E-state index contributed by atoms with van der Waals surface area (Å²) in [5.41, 5.74) is 0.741. The summed E-state index contributed by atoms with van der Waals surface area (Å²) in [6.45, 7) is 0. The van der Waals surface area contributed by atoms with Crippen molar-refractivity contribution >= 4 is 11.7 Å². The van der Waals surface area contributed by atoms with Gasteiger partial charge in [0.05, 0.1) is 0 Å². The summed E-state index contributed by atoms with van der Waals surface area (Å²) in [5.74, 6) is -1.03. The molecule has 0 spiro atoms. The van der Waals surface area contributed by atoms with E-state index in [9.17, 15) is 14.7 Å². The van der Waals surface area contributed by atoms with E-state index in [4.69, 9.17) is 0 Å². The number of amides is 1. The maximum absolute atomic E-state index is 11.8. The minimum absolute atomic E-state index is 0.350. The van der Waals surface area contributed by atoms with E-state index < -0.39 is 17.9 Å². The zero-order valence-electron chi connectivity index (χ0n) is 10.1. The van der Waals surface area contributed by atoms with Gasteiger partial charge >= 0.3 is 0 Å². The van der Waals surface area contributed by atoms with Crippen LogP contribution in [0.3, 0.4) is 0 Å². The number of rotatable bonds is 4. The molecule has 0 aliphatic carbocycles. The van der Waals surface area contributed by atoms with Crippen LogP contribution in [0.4, 0.5) is 0 Å². The maximum atomic E-state index is 11.8. The lowest BCUT2D eigenvalue weighted by Crippen LogP contribution is -2.40. The topological polar surface area (TPSA) is 66.4 Å². The molecule has 1 atom stereocenters. The second-order valence-corrected chi connectivity index (χ2v) is 3.97. The lowest BCUT2D eigenvalue weighted by atomic mass is 10.1. The summed E-state index contributed by atoms with van der Waals surface area (Å²) in [4.78, 5) is 23.6. The first-order chi connectivity index (χ1) is 9.18. The number of aliphatic hydroxyl groups is 1. The van der Waals surface area contributed by atoms with Gasteiger partial charge in [-0.3, -0.25) is 9.59 Å². The van der Waals surface area contributed by atoms with E-state index in [1.165, 1.54) is 0 Å². The third-order valence-corrected chi connectivity index (χ3v) is 2.61. The van der Waals surface area contributed by atoms with Crippen LogP contribution in [-0.4, -0.2) is 23.0 Å². The molecule has 0 bridgehead atoms. The van der Waals surface area contributed by atoms with E-state index in [2.05, 4.69) is 5.32 Å². The minimum atomic E-state index is -1.55. The van der Waals surface area contributed by atoms with Gasteiger partial charge in [-0.05, 0) is 12.1 Å². The summed E-state index contributed by atoms with van der Waals surface area (Å²) in [7, 11) is 0. The Labute approximate surface area is 110 Å². The smallest absolute Gasteiger partial charge is 0.253 e. The van der Waals surface area contributed by atoms with E-state index in [0.717, 1.165) is 0 Å². The molecule has 0 fully saturated rings. The van der Waals surface area contributed by atoms with E-state index in [1.54, 1.807) is 60.7 Å². The second-order valence-electron chi connectivity index (χ2n) is 3.97. The highest BCUT2D eigenvalue weighted by Gasteiger charge is 2.19. The Hall–Kier alpha value is -2.46. The predicted octanol–water partition coefficient (Wildman–Crippen LogP) is 1.62. The second kappa shape index (κ2) is 5.93. The lowest BCUT2D eigenvalue weighted by molar-refractivity contribution is 0.0607. The molecule has 0 aliphatic rings. The average Bonchev–Trinajstić information content (AvgIpc) is 2.48. The van der Waals surface area contributed by atoms with Gasteiger partial charge in [0.25, 0.3) is 5.91 Å². The summed E-state index contributed by atoms with van der Waals surface area (Å²) in [6.07, 6.45) is -1.55. The summed E-state index contributed by atoms with van der Waals surface area (Å²) in [6, 6.07) is 16.7. The normalized spacial score (nSPS) is 11.6. The van der Waals surface area contributed by atoms with Crippen molar-refractivity contribution in [3.05, 3.63) is 71.8 Å². The number of nitrogens with one attached hydrogen (secondary N) is 1.